The standard InChI is InChI=1S/C31H26Cl4F6N6O/c32-19-1-3-23(21(34)13-19)46-25(30(36,37)38)15-27(42-46)44-9-5-17(6-10-44)29(48)18-7-11-45(12-8-18)28-16-26(31(39,40)41)47(43-28)24-4-2-20(33)14-22(24)35/h1-4,13-18H,5-12H2. The number of piperidine rings is 2. The number of benzene rings is 2. The Morgan fingerprint density at radius 2 is 0.958 bits per heavy atom. The summed E-state index contributed by atoms with van der Waals surface area (Å²) in [4.78, 5) is 16.9. The van der Waals surface area contributed by atoms with Crippen LogP contribution in [0.15, 0.2) is 48.5 Å². The summed E-state index contributed by atoms with van der Waals surface area (Å²) in [5, 5.41) is 9.01. The molecule has 4 heterocycles. The Morgan fingerprint density at radius 1 is 0.604 bits per heavy atom. The first-order valence-corrected chi connectivity index (χ1v) is 16.4. The fraction of sp³-hybridized carbons (Fsp3) is 0.387. The number of hydrogen-bond acceptors (Lipinski definition) is 5. The predicted octanol–water partition coefficient (Wildman–Crippen LogP) is 9.41. The summed E-state index contributed by atoms with van der Waals surface area (Å²) >= 11 is 24.2. The molecule has 0 amide bonds. The van der Waals surface area contributed by atoms with Crippen LogP contribution in [0.3, 0.4) is 0 Å². The summed E-state index contributed by atoms with van der Waals surface area (Å²) in [7, 11) is 0. The molecule has 256 valence electrons. The second-order valence-corrected chi connectivity index (χ2v) is 13.4. The van der Waals surface area contributed by atoms with Gasteiger partial charge >= 0.3 is 12.4 Å². The Balaban J connectivity index is 1.10. The molecule has 4 aromatic rings. The van der Waals surface area contributed by atoms with Crippen LogP contribution in [0.2, 0.25) is 20.1 Å². The maximum absolute atomic E-state index is 14.0. The number of hydrogen-bond donors (Lipinski definition) is 0. The zero-order chi connectivity index (χ0) is 34.5. The molecule has 17 heteroatoms. The van der Waals surface area contributed by atoms with Gasteiger partial charge in [0.2, 0.25) is 0 Å². The first-order chi connectivity index (χ1) is 22.6. The van der Waals surface area contributed by atoms with Gasteiger partial charge in [0.1, 0.15) is 5.78 Å². The molecule has 0 N–H and O–H groups in total. The van der Waals surface area contributed by atoms with Crippen molar-refractivity contribution < 1.29 is 31.1 Å². The molecule has 0 saturated carbocycles. The molecule has 2 aromatic carbocycles. The highest BCUT2D eigenvalue weighted by Crippen LogP contribution is 2.39. The summed E-state index contributed by atoms with van der Waals surface area (Å²) in [6.45, 7) is 1.29. The first-order valence-electron chi connectivity index (χ1n) is 14.9. The number of Topliss-reactive ketones (excluding diaryl/α,β-unsaturated/α-hetero) is 1. The summed E-state index contributed by atoms with van der Waals surface area (Å²) in [5.41, 5.74) is -1.91. The van der Waals surface area contributed by atoms with Crippen LogP contribution in [0, 0.1) is 11.8 Å². The van der Waals surface area contributed by atoms with Crippen LogP contribution < -0.4 is 9.80 Å². The number of carbonyl (C=O) groups is 1. The zero-order valence-corrected chi connectivity index (χ0v) is 27.8. The van der Waals surface area contributed by atoms with Crippen LogP contribution in [-0.2, 0) is 17.1 Å². The molecular formula is C31H26Cl4F6N6O. The van der Waals surface area contributed by atoms with Gasteiger partial charge in [-0.25, -0.2) is 9.36 Å². The predicted molar refractivity (Wildman–Crippen MR) is 172 cm³/mol. The van der Waals surface area contributed by atoms with Gasteiger partial charge in [-0.2, -0.15) is 26.3 Å². The third-order valence-corrected chi connectivity index (χ3v) is 9.77. The zero-order valence-electron chi connectivity index (χ0n) is 24.8. The molecule has 0 spiro atoms. The van der Waals surface area contributed by atoms with Gasteiger partial charge in [0.15, 0.2) is 23.0 Å². The van der Waals surface area contributed by atoms with Crippen LogP contribution >= 0.6 is 46.4 Å². The maximum atomic E-state index is 14.0. The smallest absolute Gasteiger partial charge is 0.355 e. The molecule has 2 aliphatic rings. The number of aromatic nitrogens is 4. The molecule has 2 aliphatic heterocycles. The number of alkyl halides is 6. The Hall–Kier alpha value is -3.13. The number of anilines is 2. The average molecular weight is 754 g/mol. The van der Waals surface area contributed by atoms with Crippen molar-refractivity contribution in [2.75, 3.05) is 36.0 Å². The molecule has 0 aliphatic carbocycles. The van der Waals surface area contributed by atoms with E-state index in [0.29, 0.717) is 51.9 Å². The Morgan fingerprint density at radius 3 is 1.27 bits per heavy atom. The van der Waals surface area contributed by atoms with E-state index < -0.39 is 23.7 Å². The Bertz CT molecular complexity index is 1690. The minimum atomic E-state index is -4.70. The number of halogens is 10. The van der Waals surface area contributed by atoms with E-state index in [4.69, 9.17) is 46.4 Å². The van der Waals surface area contributed by atoms with Crippen molar-refractivity contribution in [2.45, 2.75) is 38.0 Å². The molecule has 2 fully saturated rings. The lowest BCUT2D eigenvalue weighted by atomic mass is 9.81. The third kappa shape index (κ3) is 7.10. The van der Waals surface area contributed by atoms with Crippen molar-refractivity contribution in [1.29, 1.82) is 0 Å². The highest BCUT2D eigenvalue weighted by atomic mass is 35.5. The van der Waals surface area contributed by atoms with Gasteiger partial charge < -0.3 is 9.80 Å². The number of carbonyl (C=O) groups excluding carboxylic acids is 1. The van der Waals surface area contributed by atoms with Crippen LogP contribution in [0.4, 0.5) is 38.0 Å². The van der Waals surface area contributed by atoms with E-state index in [1.165, 1.54) is 36.4 Å². The first kappa shape index (κ1) is 34.7. The van der Waals surface area contributed by atoms with E-state index in [1.54, 1.807) is 9.80 Å². The Labute approximate surface area is 290 Å². The highest BCUT2D eigenvalue weighted by Gasteiger charge is 2.40. The van der Waals surface area contributed by atoms with E-state index in [1.807, 2.05) is 0 Å². The van der Waals surface area contributed by atoms with E-state index in [0.717, 1.165) is 21.5 Å². The molecule has 7 nitrogen and oxygen atoms in total. The molecule has 0 atom stereocenters. The average Bonchev–Trinajstić information content (AvgIpc) is 3.67. The van der Waals surface area contributed by atoms with Crippen molar-refractivity contribution >= 4 is 63.8 Å². The fourth-order valence-corrected chi connectivity index (χ4v) is 7.22. The normalized spacial score (nSPS) is 17.0. The van der Waals surface area contributed by atoms with Gasteiger partial charge in [0, 0.05) is 60.2 Å². The van der Waals surface area contributed by atoms with E-state index in [-0.39, 0.29) is 60.7 Å². The highest BCUT2D eigenvalue weighted by molar-refractivity contribution is 6.36. The number of nitrogens with zero attached hydrogens (tertiary/aromatic N) is 6. The van der Waals surface area contributed by atoms with E-state index in [2.05, 4.69) is 10.2 Å². The Kier molecular flexibility index (Phi) is 9.62. The topological polar surface area (TPSA) is 59.2 Å². The SMILES string of the molecule is O=C(C1CCN(c2cc(C(F)(F)F)n(-c3ccc(Cl)cc3Cl)n2)CC1)C1CCN(c2cc(C(F)(F)F)n(-c3ccc(Cl)cc3Cl)n2)CC1. The lowest BCUT2D eigenvalue weighted by molar-refractivity contribution is -0.143. The fourth-order valence-electron chi connectivity index (χ4n) is 6.24. The number of ketones is 1. The summed E-state index contributed by atoms with van der Waals surface area (Å²) in [6.07, 6.45) is -7.70. The summed E-state index contributed by atoms with van der Waals surface area (Å²) in [6, 6.07) is 10.2. The van der Waals surface area contributed by atoms with Gasteiger partial charge in [-0.1, -0.05) is 46.4 Å². The minimum Gasteiger partial charge on any atom is -0.355 e. The van der Waals surface area contributed by atoms with Crippen LogP contribution in [0.1, 0.15) is 37.1 Å². The van der Waals surface area contributed by atoms with Crippen molar-refractivity contribution in [1.82, 2.24) is 19.6 Å². The van der Waals surface area contributed by atoms with Gasteiger partial charge in [-0.3, -0.25) is 4.79 Å². The third-order valence-electron chi connectivity index (χ3n) is 8.69. The quantitative estimate of drug-likeness (QED) is 0.184. The molecule has 2 aromatic heterocycles. The van der Waals surface area contributed by atoms with Gasteiger partial charge in [-0.05, 0) is 62.1 Å². The summed E-state index contributed by atoms with van der Waals surface area (Å²) < 4.78 is 85.2. The lowest BCUT2D eigenvalue weighted by Crippen LogP contribution is -2.42. The largest absolute Gasteiger partial charge is 0.433 e. The van der Waals surface area contributed by atoms with E-state index in [9.17, 15) is 31.1 Å². The molecule has 2 saturated heterocycles. The molecule has 48 heavy (non-hydrogen) atoms. The molecular weight excluding hydrogens is 728 g/mol. The maximum Gasteiger partial charge on any atom is 0.433 e. The van der Waals surface area contributed by atoms with E-state index >= 15 is 0 Å². The van der Waals surface area contributed by atoms with Gasteiger partial charge in [-0.15, -0.1) is 10.2 Å². The van der Waals surface area contributed by atoms with Crippen molar-refractivity contribution in [3.63, 3.8) is 0 Å². The minimum absolute atomic E-state index is 0.0121. The van der Waals surface area contributed by atoms with Gasteiger partial charge in [0.25, 0.3) is 0 Å². The second kappa shape index (κ2) is 13.3. The van der Waals surface area contributed by atoms with Gasteiger partial charge in [0.05, 0.1) is 21.4 Å². The molecule has 0 unspecified atom stereocenters. The van der Waals surface area contributed by atoms with Crippen LogP contribution in [0.5, 0.6) is 0 Å². The molecule has 6 rings (SSSR count). The van der Waals surface area contributed by atoms with Crippen LogP contribution in [0.25, 0.3) is 11.4 Å². The lowest BCUT2D eigenvalue weighted by Gasteiger charge is -2.36. The molecule has 0 bridgehead atoms. The van der Waals surface area contributed by atoms with Crippen molar-refractivity contribution in [3.05, 3.63) is 80.0 Å². The van der Waals surface area contributed by atoms with Crippen molar-refractivity contribution in [3.8, 4) is 11.4 Å². The van der Waals surface area contributed by atoms with Crippen LogP contribution in [-0.4, -0.2) is 51.5 Å². The monoisotopic (exact) mass is 752 g/mol. The van der Waals surface area contributed by atoms with Crippen molar-refractivity contribution in [2.24, 2.45) is 11.8 Å². The number of rotatable bonds is 6. The second-order valence-electron chi connectivity index (χ2n) is 11.7. The molecule has 0 radical (unpaired) electrons. The summed E-state index contributed by atoms with van der Waals surface area (Å²) in [5.74, 6) is -0.306.